The molecule has 1 heterocycles. The van der Waals surface area contributed by atoms with Gasteiger partial charge in [-0.2, -0.15) is 0 Å². The van der Waals surface area contributed by atoms with Crippen LogP contribution in [0.3, 0.4) is 0 Å². The predicted molar refractivity (Wildman–Crippen MR) is 85.5 cm³/mol. The van der Waals surface area contributed by atoms with Crippen molar-refractivity contribution in [1.29, 1.82) is 0 Å². The van der Waals surface area contributed by atoms with Crippen LogP contribution >= 0.6 is 0 Å². The molecule has 1 atom stereocenters. The average molecular weight is 316 g/mol. The smallest absolute Gasteiger partial charge is 0.193 e. The topological polar surface area (TPSA) is 59.9 Å². The molecule has 1 unspecified atom stereocenters. The molecule has 116 valence electrons. The molecule has 0 amide bonds. The van der Waals surface area contributed by atoms with Gasteiger partial charge in [-0.1, -0.05) is 38.1 Å². The third kappa shape index (κ3) is 2.54. The van der Waals surface area contributed by atoms with Crippen LogP contribution in [0, 0.1) is 5.41 Å². The van der Waals surface area contributed by atoms with Gasteiger partial charge in [-0.15, -0.1) is 0 Å². The highest BCUT2D eigenvalue weighted by Gasteiger charge is 2.39. The van der Waals surface area contributed by atoms with Crippen molar-refractivity contribution in [2.24, 2.45) is 5.41 Å². The van der Waals surface area contributed by atoms with Crippen molar-refractivity contribution < 1.29 is 8.42 Å². The summed E-state index contributed by atoms with van der Waals surface area (Å²) in [4.78, 5) is 8.16. The lowest BCUT2D eigenvalue weighted by molar-refractivity contribution is 0.270. The van der Waals surface area contributed by atoms with Gasteiger partial charge >= 0.3 is 0 Å². The fourth-order valence-electron chi connectivity index (χ4n) is 3.49. The second-order valence-corrected chi connectivity index (χ2v) is 8.61. The second kappa shape index (κ2) is 5.16. The quantitative estimate of drug-likeness (QED) is 0.799. The molecule has 1 aliphatic carbocycles. The Balaban J connectivity index is 2.27. The molecular weight excluding hydrogens is 296 g/mol. The number of hydrogen-bond acceptors (Lipinski definition) is 4. The molecule has 0 fully saturated rings. The highest BCUT2D eigenvalue weighted by molar-refractivity contribution is 7.90. The van der Waals surface area contributed by atoms with Gasteiger partial charge in [0, 0.05) is 23.9 Å². The van der Waals surface area contributed by atoms with E-state index in [0.29, 0.717) is 5.56 Å². The Hall–Kier alpha value is -1.75. The van der Waals surface area contributed by atoms with Crippen molar-refractivity contribution in [3.05, 3.63) is 53.5 Å². The minimum atomic E-state index is -3.39. The van der Waals surface area contributed by atoms with Crippen LogP contribution in [-0.4, -0.2) is 24.6 Å². The largest absolute Gasteiger partial charge is 0.244 e. The van der Waals surface area contributed by atoms with Crippen molar-refractivity contribution in [2.45, 2.75) is 37.6 Å². The summed E-state index contributed by atoms with van der Waals surface area (Å²) in [6.45, 7) is 4.37. The summed E-state index contributed by atoms with van der Waals surface area (Å²) in [5, 5.41) is 0.150. The monoisotopic (exact) mass is 316 g/mol. The zero-order valence-corrected chi connectivity index (χ0v) is 13.9. The van der Waals surface area contributed by atoms with Crippen molar-refractivity contribution in [2.75, 3.05) is 6.26 Å². The first kappa shape index (κ1) is 15.2. The van der Waals surface area contributed by atoms with Crippen LogP contribution in [0.1, 0.15) is 42.9 Å². The molecule has 5 heteroatoms. The molecule has 0 N–H and O–H groups in total. The summed E-state index contributed by atoms with van der Waals surface area (Å²) in [6, 6.07) is 8.27. The number of fused-ring (bicyclic) bond motifs is 1. The fraction of sp³-hybridized carbons (Fsp3) is 0.412. The van der Waals surface area contributed by atoms with E-state index in [1.54, 1.807) is 6.20 Å². The number of aromatic nitrogens is 2. The van der Waals surface area contributed by atoms with Gasteiger partial charge in [-0.05, 0) is 29.4 Å². The molecule has 0 saturated heterocycles. The van der Waals surface area contributed by atoms with E-state index in [0.717, 1.165) is 12.8 Å². The Morgan fingerprint density at radius 1 is 1.18 bits per heavy atom. The van der Waals surface area contributed by atoms with Crippen LogP contribution in [0.15, 0.2) is 41.8 Å². The SMILES string of the molecule is CC1(C)CCc2ccccc2C1c1cncnc1S(C)(=O)=O. The van der Waals surface area contributed by atoms with E-state index >= 15 is 0 Å². The van der Waals surface area contributed by atoms with Crippen LogP contribution < -0.4 is 0 Å². The minimum absolute atomic E-state index is 0.0108. The predicted octanol–water partition coefficient (Wildman–Crippen LogP) is 2.98. The molecule has 1 aromatic heterocycles. The van der Waals surface area contributed by atoms with Crippen LogP contribution in [0.25, 0.3) is 0 Å². The zero-order valence-electron chi connectivity index (χ0n) is 13.1. The first-order valence-corrected chi connectivity index (χ1v) is 9.27. The number of hydrogen-bond donors (Lipinski definition) is 0. The molecular formula is C17H20N2O2S. The molecule has 0 aliphatic heterocycles. The van der Waals surface area contributed by atoms with Crippen molar-refractivity contribution in [3.8, 4) is 0 Å². The number of nitrogens with zero attached hydrogens (tertiary/aromatic N) is 2. The first-order chi connectivity index (χ1) is 10.3. The number of benzene rings is 1. The van der Waals surface area contributed by atoms with Crippen molar-refractivity contribution >= 4 is 9.84 Å². The van der Waals surface area contributed by atoms with Gasteiger partial charge in [0.05, 0.1) is 0 Å². The Morgan fingerprint density at radius 2 is 1.91 bits per heavy atom. The van der Waals surface area contributed by atoms with E-state index in [1.807, 2.05) is 12.1 Å². The van der Waals surface area contributed by atoms with Gasteiger partial charge in [0.15, 0.2) is 14.9 Å². The van der Waals surface area contributed by atoms with Gasteiger partial charge in [-0.25, -0.2) is 18.4 Å². The fourth-order valence-corrected chi connectivity index (χ4v) is 4.33. The van der Waals surface area contributed by atoms with Crippen LogP contribution in [-0.2, 0) is 16.3 Å². The number of aryl methyl sites for hydroxylation is 1. The molecule has 22 heavy (non-hydrogen) atoms. The summed E-state index contributed by atoms with van der Waals surface area (Å²) in [5.41, 5.74) is 3.15. The van der Waals surface area contributed by atoms with Gasteiger partial charge in [-0.3, -0.25) is 0 Å². The number of sulfone groups is 1. The third-order valence-electron chi connectivity index (χ3n) is 4.55. The highest BCUT2D eigenvalue weighted by Crippen LogP contribution is 2.49. The van der Waals surface area contributed by atoms with E-state index in [2.05, 4.69) is 35.9 Å². The van der Waals surface area contributed by atoms with E-state index in [9.17, 15) is 8.42 Å². The molecule has 0 radical (unpaired) electrons. The minimum Gasteiger partial charge on any atom is -0.244 e. The van der Waals surface area contributed by atoms with E-state index in [1.165, 1.54) is 23.7 Å². The molecule has 0 bridgehead atoms. The van der Waals surface area contributed by atoms with Gasteiger partial charge < -0.3 is 0 Å². The van der Waals surface area contributed by atoms with Gasteiger partial charge in [0.1, 0.15) is 6.33 Å². The van der Waals surface area contributed by atoms with E-state index in [4.69, 9.17) is 0 Å². The van der Waals surface area contributed by atoms with Crippen LogP contribution in [0.2, 0.25) is 0 Å². The van der Waals surface area contributed by atoms with Gasteiger partial charge in [0.25, 0.3) is 0 Å². The summed E-state index contributed by atoms with van der Waals surface area (Å²) < 4.78 is 24.3. The molecule has 1 aromatic carbocycles. The van der Waals surface area contributed by atoms with E-state index < -0.39 is 9.84 Å². The van der Waals surface area contributed by atoms with Crippen molar-refractivity contribution in [3.63, 3.8) is 0 Å². The molecule has 3 rings (SSSR count). The summed E-state index contributed by atoms with van der Waals surface area (Å²) in [5.74, 6) is -0.0108. The number of rotatable bonds is 2. The molecule has 2 aromatic rings. The molecule has 0 spiro atoms. The maximum absolute atomic E-state index is 12.1. The third-order valence-corrected chi connectivity index (χ3v) is 5.59. The maximum atomic E-state index is 12.1. The normalized spacial score (nSPS) is 20.4. The summed E-state index contributed by atoms with van der Waals surface area (Å²) in [6.07, 6.45) is 6.20. The van der Waals surface area contributed by atoms with Crippen molar-refractivity contribution in [1.82, 2.24) is 9.97 Å². The zero-order chi connectivity index (χ0) is 16.0. The van der Waals surface area contributed by atoms with Crippen LogP contribution in [0.5, 0.6) is 0 Å². The lowest BCUT2D eigenvalue weighted by atomic mass is 9.64. The lowest BCUT2D eigenvalue weighted by Crippen LogP contribution is -2.30. The molecule has 4 nitrogen and oxygen atoms in total. The second-order valence-electron chi connectivity index (χ2n) is 6.68. The maximum Gasteiger partial charge on any atom is 0.193 e. The van der Waals surface area contributed by atoms with Gasteiger partial charge in [0.2, 0.25) is 0 Å². The highest BCUT2D eigenvalue weighted by atomic mass is 32.2. The molecule has 1 aliphatic rings. The Kier molecular flexibility index (Phi) is 3.56. The standard InChI is InChI=1S/C17H20N2O2S/c1-17(2)9-8-12-6-4-5-7-13(12)15(17)14-10-18-11-19-16(14)22(3,20)21/h4-7,10-11,15H,8-9H2,1-3H3. The summed E-state index contributed by atoms with van der Waals surface area (Å²) >= 11 is 0. The van der Waals surface area contributed by atoms with E-state index in [-0.39, 0.29) is 16.4 Å². The lowest BCUT2D eigenvalue weighted by Gasteiger charge is -2.40. The average Bonchev–Trinajstić information content (AvgIpc) is 2.45. The Bertz CT molecular complexity index is 813. The van der Waals surface area contributed by atoms with Crippen LogP contribution in [0.4, 0.5) is 0 Å². The Morgan fingerprint density at radius 3 is 2.64 bits per heavy atom. The molecule has 0 saturated carbocycles. The first-order valence-electron chi connectivity index (χ1n) is 7.38. The Labute approximate surface area is 131 Å². The summed E-state index contributed by atoms with van der Waals surface area (Å²) in [7, 11) is -3.39.